The molecule has 4 heteroatoms. The van der Waals surface area contributed by atoms with Crippen LogP contribution in [0.3, 0.4) is 0 Å². The predicted octanol–water partition coefficient (Wildman–Crippen LogP) is 1.70. The molecule has 1 heterocycles. The van der Waals surface area contributed by atoms with E-state index in [1.807, 2.05) is 37.3 Å². The number of hydrogen-bond donors (Lipinski definition) is 1. The summed E-state index contributed by atoms with van der Waals surface area (Å²) in [6.07, 6.45) is 1.98. The lowest BCUT2D eigenvalue weighted by Gasteiger charge is -2.23. The van der Waals surface area contributed by atoms with Crippen LogP contribution >= 0.6 is 0 Å². The number of carbonyl (C=O) groups excluding carboxylic acids is 2. The molecule has 102 valence electrons. The Bertz CT molecular complexity index is 445. The highest BCUT2D eigenvalue weighted by Gasteiger charge is 2.28. The second kappa shape index (κ2) is 6.36. The van der Waals surface area contributed by atoms with Crippen molar-refractivity contribution >= 4 is 11.8 Å². The number of hydrogen-bond acceptors (Lipinski definition) is 2. The van der Waals surface area contributed by atoms with Crippen LogP contribution in [-0.2, 0) is 16.1 Å². The molecule has 1 saturated heterocycles. The van der Waals surface area contributed by atoms with E-state index in [1.54, 1.807) is 4.90 Å². The normalized spacial score (nSPS) is 20.1. The molecular weight excluding hydrogens is 240 g/mol. The molecule has 1 unspecified atom stereocenters. The maximum Gasteiger partial charge on any atom is 0.245 e. The molecule has 0 aromatic heterocycles. The molecule has 1 aliphatic heterocycles. The molecule has 1 aromatic rings. The minimum absolute atomic E-state index is 0.0256. The molecule has 2 rings (SSSR count). The number of nitrogens with one attached hydrogen (secondary N) is 1. The topological polar surface area (TPSA) is 49.4 Å². The Balaban J connectivity index is 2.10. The van der Waals surface area contributed by atoms with Gasteiger partial charge in [-0.1, -0.05) is 43.7 Å². The van der Waals surface area contributed by atoms with Gasteiger partial charge in [0.25, 0.3) is 0 Å². The van der Waals surface area contributed by atoms with Crippen molar-refractivity contribution in [2.45, 2.75) is 38.8 Å². The summed E-state index contributed by atoms with van der Waals surface area (Å²) in [5.74, 6) is 0.0129. The van der Waals surface area contributed by atoms with Crippen LogP contribution in [0.2, 0.25) is 0 Å². The quantitative estimate of drug-likeness (QED) is 0.896. The van der Waals surface area contributed by atoms with Gasteiger partial charge in [0.1, 0.15) is 6.04 Å². The Kier molecular flexibility index (Phi) is 4.55. The molecule has 1 N–H and O–H groups in total. The van der Waals surface area contributed by atoms with Gasteiger partial charge in [-0.25, -0.2) is 0 Å². The third kappa shape index (κ3) is 3.56. The molecule has 19 heavy (non-hydrogen) atoms. The molecule has 2 amide bonds. The van der Waals surface area contributed by atoms with E-state index in [0.29, 0.717) is 25.9 Å². The average molecular weight is 260 g/mol. The van der Waals surface area contributed by atoms with E-state index in [4.69, 9.17) is 0 Å². The fourth-order valence-electron chi connectivity index (χ4n) is 2.34. The van der Waals surface area contributed by atoms with E-state index in [9.17, 15) is 9.59 Å². The monoisotopic (exact) mass is 260 g/mol. The summed E-state index contributed by atoms with van der Waals surface area (Å²) in [5.41, 5.74) is 1.10. The zero-order valence-electron chi connectivity index (χ0n) is 11.3. The van der Waals surface area contributed by atoms with Gasteiger partial charge in [0.15, 0.2) is 0 Å². The van der Waals surface area contributed by atoms with Gasteiger partial charge < -0.3 is 10.2 Å². The molecule has 0 radical (unpaired) electrons. The van der Waals surface area contributed by atoms with Crippen molar-refractivity contribution in [2.75, 3.05) is 6.54 Å². The Hall–Kier alpha value is -1.84. The van der Waals surface area contributed by atoms with Gasteiger partial charge in [0.2, 0.25) is 11.8 Å². The fourth-order valence-corrected chi connectivity index (χ4v) is 2.34. The van der Waals surface area contributed by atoms with Crippen LogP contribution in [0.25, 0.3) is 0 Å². The third-order valence-electron chi connectivity index (χ3n) is 3.35. The van der Waals surface area contributed by atoms with Crippen molar-refractivity contribution in [1.29, 1.82) is 0 Å². The molecule has 0 bridgehead atoms. The van der Waals surface area contributed by atoms with Crippen molar-refractivity contribution in [3.05, 3.63) is 35.9 Å². The molecule has 1 aromatic carbocycles. The predicted molar refractivity (Wildman–Crippen MR) is 73.3 cm³/mol. The Morgan fingerprint density at radius 1 is 1.26 bits per heavy atom. The van der Waals surface area contributed by atoms with Crippen molar-refractivity contribution in [1.82, 2.24) is 10.2 Å². The highest BCUT2D eigenvalue weighted by molar-refractivity contribution is 5.89. The summed E-state index contributed by atoms with van der Waals surface area (Å²) < 4.78 is 0. The first-order chi connectivity index (χ1) is 9.20. The van der Waals surface area contributed by atoms with Crippen LogP contribution in [0.1, 0.15) is 31.7 Å². The number of nitrogens with zero attached hydrogens (tertiary/aromatic N) is 1. The first kappa shape index (κ1) is 13.6. The SMILES string of the molecule is CCCC1NC(=O)CCN(Cc2ccccc2)C1=O. The minimum Gasteiger partial charge on any atom is -0.344 e. The van der Waals surface area contributed by atoms with E-state index in [1.165, 1.54) is 0 Å². The van der Waals surface area contributed by atoms with E-state index < -0.39 is 0 Å². The second-order valence-electron chi connectivity index (χ2n) is 4.90. The number of rotatable bonds is 4. The van der Waals surface area contributed by atoms with Crippen molar-refractivity contribution in [3.63, 3.8) is 0 Å². The zero-order chi connectivity index (χ0) is 13.7. The van der Waals surface area contributed by atoms with Gasteiger partial charge >= 0.3 is 0 Å². The summed E-state index contributed by atoms with van der Waals surface area (Å²) in [7, 11) is 0. The molecule has 0 aliphatic carbocycles. The van der Waals surface area contributed by atoms with E-state index in [-0.39, 0.29) is 17.9 Å². The molecule has 1 fully saturated rings. The first-order valence-electron chi connectivity index (χ1n) is 6.82. The molecule has 1 aliphatic rings. The summed E-state index contributed by atoms with van der Waals surface area (Å²) in [6, 6.07) is 9.53. The lowest BCUT2D eigenvalue weighted by Crippen LogP contribution is -2.44. The van der Waals surface area contributed by atoms with Gasteiger partial charge in [-0.2, -0.15) is 0 Å². The van der Waals surface area contributed by atoms with Crippen LogP contribution in [0.5, 0.6) is 0 Å². The Morgan fingerprint density at radius 2 is 2.00 bits per heavy atom. The van der Waals surface area contributed by atoms with Gasteiger partial charge in [-0.3, -0.25) is 9.59 Å². The van der Waals surface area contributed by atoms with Crippen LogP contribution < -0.4 is 5.32 Å². The number of carbonyl (C=O) groups is 2. The van der Waals surface area contributed by atoms with Gasteiger partial charge in [0, 0.05) is 19.5 Å². The van der Waals surface area contributed by atoms with E-state index >= 15 is 0 Å². The lowest BCUT2D eigenvalue weighted by molar-refractivity contribution is -0.134. The summed E-state index contributed by atoms with van der Waals surface area (Å²) in [4.78, 5) is 25.8. The minimum atomic E-state index is -0.358. The molecule has 1 atom stereocenters. The first-order valence-corrected chi connectivity index (χ1v) is 6.82. The van der Waals surface area contributed by atoms with E-state index in [2.05, 4.69) is 5.32 Å². The Labute approximate surface area is 113 Å². The van der Waals surface area contributed by atoms with Crippen LogP contribution in [0.15, 0.2) is 30.3 Å². The zero-order valence-corrected chi connectivity index (χ0v) is 11.3. The molecule has 0 spiro atoms. The standard InChI is InChI=1S/C15H20N2O2/c1-2-6-13-15(19)17(10-9-14(18)16-13)11-12-7-4-3-5-8-12/h3-5,7-8,13H,2,6,9-11H2,1H3,(H,16,18). The highest BCUT2D eigenvalue weighted by atomic mass is 16.2. The Morgan fingerprint density at radius 3 is 2.68 bits per heavy atom. The molecule has 0 saturated carbocycles. The van der Waals surface area contributed by atoms with Crippen molar-refractivity contribution in [2.24, 2.45) is 0 Å². The van der Waals surface area contributed by atoms with Crippen LogP contribution in [-0.4, -0.2) is 29.3 Å². The smallest absolute Gasteiger partial charge is 0.245 e. The highest BCUT2D eigenvalue weighted by Crippen LogP contribution is 2.12. The van der Waals surface area contributed by atoms with Gasteiger partial charge in [-0.05, 0) is 12.0 Å². The maximum absolute atomic E-state index is 12.4. The maximum atomic E-state index is 12.4. The number of benzene rings is 1. The van der Waals surface area contributed by atoms with Crippen molar-refractivity contribution in [3.8, 4) is 0 Å². The van der Waals surface area contributed by atoms with Gasteiger partial charge in [-0.15, -0.1) is 0 Å². The number of amides is 2. The average Bonchev–Trinajstić information content (AvgIpc) is 2.54. The van der Waals surface area contributed by atoms with Crippen molar-refractivity contribution < 1.29 is 9.59 Å². The molecular formula is C15H20N2O2. The van der Waals surface area contributed by atoms with Crippen LogP contribution in [0, 0.1) is 0 Å². The van der Waals surface area contributed by atoms with E-state index in [0.717, 1.165) is 12.0 Å². The van der Waals surface area contributed by atoms with Crippen LogP contribution in [0.4, 0.5) is 0 Å². The van der Waals surface area contributed by atoms with Gasteiger partial charge in [0.05, 0.1) is 0 Å². The third-order valence-corrected chi connectivity index (χ3v) is 3.35. The summed E-state index contributed by atoms with van der Waals surface area (Å²) in [5, 5.41) is 2.82. The largest absolute Gasteiger partial charge is 0.344 e. The molecule has 4 nitrogen and oxygen atoms in total. The summed E-state index contributed by atoms with van der Waals surface area (Å²) in [6.45, 7) is 3.10. The lowest BCUT2D eigenvalue weighted by atomic mass is 10.1. The fraction of sp³-hybridized carbons (Fsp3) is 0.467. The summed E-state index contributed by atoms with van der Waals surface area (Å²) >= 11 is 0. The second-order valence-corrected chi connectivity index (χ2v) is 4.90.